The van der Waals surface area contributed by atoms with Crippen LogP contribution >= 0.6 is 0 Å². The average Bonchev–Trinajstić information content (AvgIpc) is 2.48. The van der Waals surface area contributed by atoms with Crippen LogP contribution in [-0.2, 0) is 0 Å². The van der Waals surface area contributed by atoms with E-state index in [9.17, 15) is 0 Å². The first-order valence-corrected chi connectivity index (χ1v) is 5.98. The highest BCUT2D eigenvalue weighted by Crippen LogP contribution is 2.27. The molecule has 0 bridgehead atoms. The fourth-order valence-corrected chi connectivity index (χ4v) is 1.99. The van der Waals surface area contributed by atoms with E-state index in [1.165, 1.54) is 23.4 Å². The Morgan fingerprint density at radius 2 is 2.19 bits per heavy atom. The molecule has 1 N–H and O–H groups in total. The van der Waals surface area contributed by atoms with E-state index in [-0.39, 0.29) is 0 Å². The van der Waals surface area contributed by atoms with E-state index in [0.29, 0.717) is 0 Å². The number of hydrogen-bond donors (Lipinski definition) is 1. The molecule has 16 heavy (non-hydrogen) atoms. The SMILES string of the molecule is CC(C)=CCN1CCCNc2ccccc21. The molecule has 86 valence electrons. The highest BCUT2D eigenvalue weighted by molar-refractivity contribution is 5.70. The van der Waals surface area contributed by atoms with Crippen LogP contribution in [0.25, 0.3) is 0 Å². The van der Waals surface area contributed by atoms with Crippen LogP contribution in [0.2, 0.25) is 0 Å². The zero-order valence-corrected chi connectivity index (χ0v) is 10.2. The van der Waals surface area contributed by atoms with Gasteiger partial charge in [-0.15, -0.1) is 0 Å². The molecular formula is C14H20N2. The van der Waals surface area contributed by atoms with Crippen molar-refractivity contribution < 1.29 is 0 Å². The van der Waals surface area contributed by atoms with Gasteiger partial charge < -0.3 is 10.2 Å². The maximum Gasteiger partial charge on any atom is 0.0604 e. The van der Waals surface area contributed by atoms with Gasteiger partial charge in [-0.25, -0.2) is 0 Å². The Bertz CT molecular complexity index is 378. The standard InChI is InChI=1S/C14H20N2/c1-12(2)8-11-16-10-5-9-15-13-6-3-4-7-14(13)16/h3-4,6-8,15H,5,9-11H2,1-2H3. The molecule has 1 aromatic rings. The van der Waals surface area contributed by atoms with E-state index < -0.39 is 0 Å². The van der Waals surface area contributed by atoms with Crippen molar-refractivity contribution in [3.63, 3.8) is 0 Å². The van der Waals surface area contributed by atoms with Gasteiger partial charge in [0.15, 0.2) is 0 Å². The third-order valence-corrected chi connectivity index (χ3v) is 2.88. The summed E-state index contributed by atoms with van der Waals surface area (Å²) in [6.07, 6.45) is 3.49. The first-order chi connectivity index (χ1) is 7.77. The van der Waals surface area contributed by atoms with E-state index in [0.717, 1.165) is 19.6 Å². The summed E-state index contributed by atoms with van der Waals surface area (Å²) in [6.45, 7) is 7.53. The zero-order chi connectivity index (χ0) is 11.4. The smallest absolute Gasteiger partial charge is 0.0604 e. The van der Waals surface area contributed by atoms with Crippen LogP contribution in [0.1, 0.15) is 20.3 Å². The van der Waals surface area contributed by atoms with Gasteiger partial charge in [0.05, 0.1) is 11.4 Å². The third kappa shape index (κ3) is 2.57. The quantitative estimate of drug-likeness (QED) is 0.763. The minimum atomic E-state index is 1.01. The van der Waals surface area contributed by atoms with Crippen LogP contribution in [0.5, 0.6) is 0 Å². The molecule has 0 radical (unpaired) electrons. The molecule has 1 aliphatic rings. The summed E-state index contributed by atoms with van der Waals surface area (Å²) in [5, 5.41) is 3.48. The van der Waals surface area contributed by atoms with Crippen molar-refractivity contribution in [1.29, 1.82) is 0 Å². The van der Waals surface area contributed by atoms with Gasteiger partial charge in [0, 0.05) is 19.6 Å². The van der Waals surface area contributed by atoms with Gasteiger partial charge in [0.25, 0.3) is 0 Å². The maximum atomic E-state index is 3.48. The Morgan fingerprint density at radius 3 is 3.00 bits per heavy atom. The summed E-state index contributed by atoms with van der Waals surface area (Å²) in [6, 6.07) is 8.57. The topological polar surface area (TPSA) is 15.3 Å². The molecule has 2 heteroatoms. The lowest BCUT2D eigenvalue weighted by atomic mass is 10.2. The van der Waals surface area contributed by atoms with Crippen molar-refractivity contribution in [2.24, 2.45) is 0 Å². The Morgan fingerprint density at radius 1 is 1.38 bits per heavy atom. The Labute approximate surface area is 98.0 Å². The predicted octanol–water partition coefficient (Wildman–Crippen LogP) is 3.27. The fraction of sp³-hybridized carbons (Fsp3) is 0.429. The molecule has 0 unspecified atom stereocenters. The molecule has 1 aliphatic heterocycles. The molecule has 0 atom stereocenters. The van der Waals surface area contributed by atoms with E-state index >= 15 is 0 Å². The molecule has 0 aliphatic carbocycles. The second-order valence-corrected chi connectivity index (χ2v) is 4.52. The van der Waals surface area contributed by atoms with Crippen molar-refractivity contribution in [3.05, 3.63) is 35.9 Å². The van der Waals surface area contributed by atoms with Crippen molar-refractivity contribution >= 4 is 11.4 Å². The number of anilines is 2. The van der Waals surface area contributed by atoms with Crippen LogP contribution in [-0.4, -0.2) is 19.6 Å². The first kappa shape index (κ1) is 11.1. The molecule has 0 aromatic heterocycles. The maximum absolute atomic E-state index is 3.48. The van der Waals surface area contributed by atoms with Gasteiger partial charge in [-0.1, -0.05) is 23.8 Å². The number of fused-ring (bicyclic) bond motifs is 1. The molecule has 2 rings (SSSR count). The largest absolute Gasteiger partial charge is 0.383 e. The minimum Gasteiger partial charge on any atom is -0.383 e. The van der Waals surface area contributed by atoms with Crippen LogP contribution < -0.4 is 10.2 Å². The molecule has 0 amide bonds. The van der Waals surface area contributed by atoms with Crippen molar-refractivity contribution in [2.45, 2.75) is 20.3 Å². The van der Waals surface area contributed by atoms with Gasteiger partial charge >= 0.3 is 0 Å². The van der Waals surface area contributed by atoms with Crippen LogP contribution in [0.15, 0.2) is 35.9 Å². The first-order valence-electron chi connectivity index (χ1n) is 5.98. The number of hydrogen-bond acceptors (Lipinski definition) is 2. The molecular weight excluding hydrogens is 196 g/mol. The summed E-state index contributed by atoms with van der Waals surface area (Å²) >= 11 is 0. The Hall–Kier alpha value is -1.44. The van der Waals surface area contributed by atoms with Crippen LogP contribution in [0.4, 0.5) is 11.4 Å². The van der Waals surface area contributed by atoms with Gasteiger partial charge in [0.2, 0.25) is 0 Å². The average molecular weight is 216 g/mol. The van der Waals surface area contributed by atoms with Gasteiger partial charge in [0.1, 0.15) is 0 Å². The van der Waals surface area contributed by atoms with Gasteiger partial charge in [-0.3, -0.25) is 0 Å². The van der Waals surface area contributed by atoms with E-state index in [2.05, 4.69) is 54.4 Å². The van der Waals surface area contributed by atoms with Gasteiger partial charge in [-0.05, 0) is 32.4 Å². The lowest BCUT2D eigenvalue weighted by molar-refractivity contribution is 0.805. The summed E-state index contributed by atoms with van der Waals surface area (Å²) in [5.41, 5.74) is 3.98. The minimum absolute atomic E-state index is 1.01. The van der Waals surface area contributed by atoms with Crippen LogP contribution in [0.3, 0.4) is 0 Å². The number of nitrogens with zero attached hydrogens (tertiary/aromatic N) is 1. The number of rotatable bonds is 2. The van der Waals surface area contributed by atoms with Crippen molar-refractivity contribution in [1.82, 2.24) is 0 Å². The molecule has 1 heterocycles. The predicted molar refractivity (Wildman–Crippen MR) is 71.2 cm³/mol. The summed E-state index contributed by atoms with van der Waals surface area (Å²) in [5.74, 6) is 0. The number of benzene rings is 1. The fourth-order valence-electron chi connectivity index (χ4n) is 1.99. The lowest BCUT2D eigenvalue weighted by Crippen LogP contribution is -2.24. The van der Waals surface area contributed by atoms with Gasteiger partial charge in [-0.2, -0.15) is 0 Å². The summed E-state index contributed by atoms with van der Waals surface area (Å²) in [4.78, 5) is 2.45. The van der Waals surface area contributed by atoms with Crippen molar-refractivity contribution in [3.8, 4) is 0 Å². The van der Waals surface area contributed by atoms with Crippen LogP contribution in [0, 0.1) is 0 Å². The summed E-state index contributed by atoms with van der Waals surface area (Å²) < 4.78 is 0. The molecule has 0 spiro atoms. The van der Waals surface area contributed by atoms with E-state index in [1.54, 1.807) is 0 Å². The normalized spacial score (nSPS) is 14.8. The number of nitrogens with one attached hydrogen (secondary N) is 1. The zero-order valence-electron chi connectivity index (χ0n) is 10.2. The highest BCUT2D eigenvalue weighted by Gasteiger charge is 2.12. The lowest BCUT2D eigenvalue weighted by Gasteiger charge is -2.23. The monoisotopic (exact) mass is 216 g/mol. The number of para-hydroxylation sites is 2. The van der Waals surface area contributed by atoms with E-state index in [1.807, 2.05) is 0 Å². The van der Waals surface area contributed by atoms with Crippen molar-refractivity contribution in [2.75, 3.05) is 29.9 Å². The molecule has 0 saturated heterocycles. The molecule has 0 fully saturated rings. The highest BCUT2D eigenvalue weighted by atomic mass is 15.2. The second kappa shape index (κ2) is 5.06. The number of allylic oxidation sites excluding steroid dienone is 1. The van der Waals surface area contributed by atoms with E-state index in [4.69, 9.17) is 0 Å². The summed E-state index contributed by atoms with van der Waals surface area (Å²) in [7, 11) is 0. The molecule has 0 saturated carbocycles. The third-order valence-electron chi connectivity index (χ3n) is 2.88. The second-order valence-electron chi connectivity index (χ2n) is 4.52. The Balaban J connectivity index is 2.22. The molecule has 2 nitrogen and oxygen atoms in total. The Kier molecular flexibility index (Phi) is 3.50. The molecule has 1 aromatic carbocycles.